The van der Waals surface area contributed by atoms with Gasteiger partial charge >= 0.3 is 6.09 Å². The van der Waals surface area contributed by atoms with E-state index >= 15 is 0 Å². The largest absolute Gasteiger partial charge is 0.444 e. The Morgan fingerprint density at radius 3 is 2.36 bits per heavy atom. The lowest BCUT2D eigenvalue weighted by Gasteiger charge is -2.29. The quantitative estimate of drug-likeness (QED) is 0.128. The molecule has 0 saturated heterocycles. The van der Waals surface area contributed by atoms with Gasteiger partial charge < -0.3 is 25.7 Å². The number of benzene rings is 2. The molecule has 3 aromatic rings. The summed E-state index contributed by atoms with van der Waals surface area (Å²) in [5.41, 5.74) is 7.00. The Morgan fingerprint density at radius 1 is 1.13 bits per heavy atom. The molecule has 0 aliphatic rings. The maximum atomic E-state index is 12.8. The minimum Gasteiger partial charge on any atom is -0.444 e. The van der Waals surface area contributed by atoms with Gasteiger partial charge in [-0.05, 0) is 75.2 Å². The molecule has 0 bridgehead atoms. The Morgan fingerprint density at radius 2 is 1.79 bits per heavy atom. The van der Waals surface area contributed by atoms with Crippen molar-refractivity contribution in [3.63, 3.8) is 0 Å². The van der Waals surface area contributed by atoms with Crippen LogP contribution in [0.2, 0.25) is 0 Å². The van der Waals surface area contributed by atoms with E-state index in [0.29, 0.717) is 23.2 Å². The number of carbonyl (C=O) groups excluding carboxylic acids is 1. The number of sulfonamides is 1. The molecule has 1 amide bonds. The van der Waals surface area contributed by atoms with Gasteiger partial charge in [0.1, 0.15) is 5.60 Å². The summed E-state index contributed by atoms with van der Waals surface area (Å²) in [5.74, 6) is -0.126. The van der Waals surface area contributed by atoms with Crippen LogP contribution in [-0.4, -0.2) is 59.2 Å². The van der Waals surface area contributed by atoms with Gasteiger partial charge in [0.2, 0.25) is 0 Å². The molecule has 12 heteroatoms. The highest BCUT2D eigenvalue weighted by atomic mass is 32.2. The molecule has 2 aromatic carbocycles. The predicted molar refractivity (Wildman–Crippen MR) is 147 cm³/mol. The first-order valence-electron chi connectivity index (χ1n) is 12.1. The van der Waals surface area contributed by atoms with Gasteiger partial charge in [0.15, 0.2) is 5.84 Å². The summed E-state index contributed by atoms with van der Waals surface area (Å²) in [6, 6.07) is 15.8. The second kappa shape index (κ2) is 12.6. The van der Waals surface area contributed by atoms with Crippen LogP contribution in [-0.2, 0) is 21.2 Å². The zero-order chi connectivity index (χ0) is 28.6. The van der Waals surface area contributed by atoms with Crippen LogP contribution in [0.4, 0.5) is 10.5 Å². The first kappa shape index (κ1) is 29.4. The van der Waals surface area contributed by atoms with Crippen molar-refractivity contribution >= 4 is 27.6 Å². The molecule has 5 N–H and O–H groups in total. The molecule has 39 heavy (non-hydrogen) atoms. The highest BCUT2D eigenvalue weighted by Crippen LogP contribution is 2.20. The van der Waals surface area contributed by atoms with E-state index in [2.05, 4.69) is 14.9 Å². The molecule has 3 rings (SSSR count). The third kappa shape index (κ3) is 8.69. The fourth-order valence-corrected chi connectivity index (χ4v) is 4.61. The third-order valence-electron chi connectivity index (χ3n) is 5.56. The fraction of sp³-hybridized carbons (Fsp3) is 0.296. The fourth-order valence-electron chi connectivity index (χ4n) is 3.55. The SMILES string of the molecule is CC(C)(C)OC(=O)N(CCc1ccc(NS(=O)(=O)c2ccc(C(N)=NO)cc2)cc1)CC(O)c1cccnc1. The smallest absolute Gasteiger partial charge is 0.410 e. The van der Waals surface area contributed by atoms with Gasteiger partial charge in [0.25, 0.3) is 10.0 Å². The number of amidine groups is 1. The second-order valence-electron chi connectivity index (χ2n) is 9.79. The van der Waals surface area contributed by atoms with Gasteiger partial charge in [-0.1, -0.05) is 23.4 Å². The number of aromatic nitrogens is 1. The Labute approximate surface area is 228 Å². The van der Waals surface area contributed by atoms with Crippen molar-refractivity contribution in [3.05, 3.63) is 89.7 Å². The Balaban J connectivity index is 1.66. The number of ether oxygens (including phenoxy) is 1. The first-order valence-corrected chi connectivity index (χ1v) is 13.6. The van der Waals surface area contributed by atoms with Crippen molar-refractivity contribution in [2.24, 2.45) is 10.9 Å². The molecule has 1 heterocycles. The molecule has 0 aliphatic heterocycles. The molecule has 0 fully saturated rings. The average molecular weight is 556 g/mol. The summed E-state index contributed by atoms with van der Waals surface area (Å²) in [7, 11) is -3.87. The molecule has 11 nitrogen and oxygen atoms in total. The summed E-state index contributed by atoms with van der Waals surface area (Å²) in [6.45, 7) is 5.60. The van der Waals surface area contributed by atoms with Crippen molar-refractivity contribution in [1.29, 1.82) is 0 Å². The van der Waals surface area contributed by atoms with E-state index in [0.717, 1.165) is 5.56 Å². The predicted octanol–water partition coefficient (Wildman–Crippen LogP) is 3.49. The normalized spacial score (nSPS) is 13.0. The number of nitrogens with zero attached hydrogens (tertiary/aromatic N) is 3. The third-order valence-corrected chi connectivity index (χ3v) is 6.96. The molecule has 0 saturated carbocycles. The molecule has 1 atom stereocenters. The van der Waals surface area contributed by atoms with E-state index in [4.69, 9.17) is 15.7 Å². The summed E-state index contributed by atoms with van der Waals surface area (Å²) < 4.78 is 33.5. The number of nitrogens with two attached hydrogens (primary N) is 1. The van der Waals surface area contributed by atoms with Crippen LogP contribution in [0.15, 0.2) is 83.1 Å². The van der Waals surface area contributed by atoms with Crippen LogP contribution < -0.4 is 10.5 Å². The van der Waals surface area contributed by atoms with Crippen LogP contribution in [0.3, 0.4) is 0 Å². The Kier molecular flexibility index (Phi) is 9.49. The highest BCUT2D eigenvalue weighted by molar-refractivity contribution is 7.92. The zero-order valence-corrected chi connectivity index (χ0v) is 22.8. The number of pyridine rings is 1. The number of amides is 1. The van der Waals surface area contributed by atoms with E-state index in [1.807, 2.05) is 0 Å². The van der Waals surface area contributed by atoms with E-state index in [9.17, 15) is 18.3 Å². The van der Waals surface area contributed by atoms with Crippen molar-refractivity contribution in [3.8, 4) is 0 Å². The monoisotopic (exact) mass is 555 g/mol. The van der Waals surface area contributed by atoms with Crippen molar-refractivity contribution in [2.45, 2.75) is 43.8 Å². The summed E-state index contributed by atoms with van der Waals surface area (Å²) in [6.07, 6.45) is 2.11. The standard InChI is InChI=1S/C27H33N5O6S/c1-27(2,3)38-26(34)32(18-24(33)21-5-4-15-29-17-21)16-14-19-6-10-22(11-7-19)31-39(36,37)23-12-8-20(9-13-23)25(28)30-35/h4-13,15,17,24,31,33,35H,14,16,18H2,1-3H3,(H2,28,30). The molecule has 1 unspecified atom stereocenters. The van der Waals surface area contributed by atoms with Gasteiger partial charge in [-0.25, -0.2) is 13.2 Å². The Hall–Kier alpha value is -4.16. The number of nitrogens with one attached hydrogen (secondary N) is 1. The average Bonchev–Trinajstić information content (AvgIpc) is 2.90. The van der Waals surface area contributed by atoms with Crippen LogP contribution >= 0.6 is 0 Å². The van der Waals surface area contributed by atoms with Crippen LogP contribution in [0.5, 0.6) is 0 Å². The maximum absolute atomic E-state index is 12.8. The van der Waals surface area contributed by atoms with Crippen LogP contribution in [0, 0.1) is 0 Å². The molecule has 1 aromatic heterocycles. The van der Waals surface area contributed by atoms with Crippen LogP contribution in [0.25, 0.3) is 0 Å². The van der Waals surface area contributed by atoms with Gasteiger partial charge in [-0.3, -0.25) is 9.71 Å². The highest BCUT2D eigenvalue weighted by Gasteiger charge is 2.24. The molecule has 0 aliphatic carbocycles. The lowest BCUT2D eigenvalue weighted by Crippen LogP contribution is -2.40. The zero-order valence-electron chi connectivity index (χ0n) is 22.0. The number of aliphatic hydroxyl groups excluding tert-OH is 1. The number of carbonyl (C=O) groups is 1. The topological polar surface area (TPSA) is 167 Å². The molecular weight excluding hydrogens is 522 g/mol. The van der Waals surface area contributed by atoms with E-state index in [-0.39, 0.29) is 23.8 Å². The van der Waals surface area contributed by atoms with Crippen molar-refractivity contribution in [2.75, 3.05) is 17.8 Å². The number of oxime groups is 1. The lowest BCUT2D eigenvalue weighted by atomic mass is 10.1. The minimum absolute atomic E-state index is 0.0150. The molecule has 208 valence electrons. The summed E-state index contributed by atoms with van der Waals surface area (Å²) in [4.78, 5) is 18.3. The van der Waals surface area contributed by atoms with E-state index in [1.165, 1.54) is 29.2 Å². The van der Waals surface area contributed by atoms with Gasteiger partial charge in [-0.15, -0.1) is 0 Å². The molecule has 0 radical (unpaired) electrons. The summed E-state index contributed by atoms with van der Waals surface area (Å²) in [5, 5.41) is 22.3. The number of hydrogen-bond acceptors (Lipinski definition) is 8. The second-order valence-corrected chi connectivity index (χ2v) is 11.5. The molecular formula is C27H33N5O6S. The van der Waals surface area contributed by atoms with Gasteiger partial charge in [-0.2, -0.15) is 0 Å². The maximum Gasteiger partial charge on any atom is 0.410 e. The number of aliphatic hydroxyl groups is 1. The van der Waals surface area contributed by atoms with Crippen LogP contribution in [0.1, 0.15) is 43.6 Å². The lowest BCUT2D eigenvalue weighted by molar-refractivity contribution is 0.0146. The Bertz CT molecular complexity index is 1370. The summed E-state index contributed by atoms with van der Waals surface area (Å²) >= 11 is 0. The van der Waals surface area contributed by atoms with Gasteiger partial charge in [0, 0.05) is 35.8 Å². The minimum atomic E-state index is -3.87. The van der Waals surface area contributed by atoms with E-state index < -0.39 is 27.8 Å². The number of rotatable bonds is 10. The first-order chi connectivity index (χ1) is 18.4. The van der Waals surface area contributed by atoms with Crippen molar-refractivity contribution in [1.82, 2.24) is 9.88 Å². The number of hydrogen-bond donors (Lipinski definition) is 4. The molecule has 0 spiro atoms. The van der Waals surface area contributed by atoms with E-state index in [1.54, 1.807) is 69.6 Å². The van der Waals surface area contributed by atoms with Crippen molar-refractivity contribution < 1.29 is 28.3 Å². The van der Waals surface area contributed by atoms with Gasteiger partial charge in [0.05, 0.1) is 17.5 Å². The number of anilines is 1.